The molecule has 0 bridgehead atoms. The minimum atomic E-state index is -1.04. The van der Waals surface area contributed by atoms with Gasteiger partial charge in [-0.3, -0.25) is 14.4 Å². The molecule has 0 radical (unpaired) electrons. The van der Waals surface area contributed by atoms with Crippen LogP contribution in [-0.4, -0.2) is 36.5 Å². The van der Waals surface area contributed by atoms with E-state index >= 15 is 0 Å². The minimum Gasteiger partial charge on any atom is -0.497 e. The first-order valence-electron chi connectivity index (χ1n) is 7.81. The molecule has 27 heavy (non-hydrogen) atoms. The van der Waals surface area contributed by atoms with Crippen molar-refractivity contribution in [2.24, 2.45) is 0 Å². The molecule has 1 aromatic heterocycles. The first-order valence-corrected chi connectivity index (χ1v) is 8.61. The maximum atomic E-state index is 12.4. The number of carbonyl (C=O) groups excluding carboxylic acids is 2. The van der Waals surface area contributed by atoms with Gasteiger partial charge in [-0.1, -0.05) is 12.1 Å². The second-order valence-electron chi connectivity index (χ2n) is 5.29. The summed E-state index contributed by atoms with van der Waals surface area (Å²) in [5.41, 5.74) is 0.586. The topological polar surface area (TPSA) is 118 Å². The molecular formula is C18H17BrN2O6. The number of rotatable bonds is 8. The zero-order valence-electron chi connectivity index (χ0n) is 14.3. The van der Waals surface area contributed by atoms with Gasteiger partial charge in [0.05, 0.1) is 13.5 Å². The van der Waals surface area contributed by atoms with E-state index in [1.165, 1.54) is 19.3 Å². The van der Waals surface area contributed by atoms with Crippen LogP contribution in [0.4, 0.5) is 0 Å². The van der Waals surface area contributed by atoms with Gasteiger partial charge < -0.3 is 24.9 Å². The molecule has 0 fully saturated rings. The number of nitrogens with one attached hydrogen (secondary N) is 2. The number of hydrogen-bond donors (Lipinski definition) is 3. The van der Waals surface area contributed by atoms with Crippen LogP contribution in [0.15, 0.2) is 51.2 Å². The molecule has 2 amide bonds. The molecule has 0 saturated carbocycles. The first kappa shape index (κ1) is 20.2. The van der Waals surface area contributed by atoms with Crippen molar-refractivity contribution in [3.05, 3.63) is 58.1 Å². The number of carbonyl (C=O) groups is 3. The Morgan fingerprint density at radius 2 is 1.89 bits per heavy atom. The molecule has 142 valence electrons. The standard InChI is InChI=1S/C18H17BrN2O6/c1-26-12-4-2-11(3-5-12)10-13(17(24)20-9-8-16(22)23)21-18(25)14-6-7-15(19)27-14/h2-7,10H,8-9H2,1H3,(H,20,24)(H,21,25)(H,22,23)/b13-10-. The third-order valence-corrected chi connectivity index (χ3v) is 3.77. The lowest BCUT2D eigenvalue weighted by Gasteiger charge is -2.10. The quantitative estimate of drug-likeness (QED) is 0.546. The van der Waals surface area contributed by atoms with Crippen LogP contribution in [0.1, 0.15) is 22.5 Å². The van der Waals surface area contributed by atoms with Crippen LogP contribution in [0.3, 0.4) is 0 Å². The van der Waals surface area contributed by atoms with E-state index in [9.17, 15) is 14.4 Å². The van der Waals surface area contributed by atoms with E-state index in [2.05, 4.69) is 26.6 Å². The zero-order valence-corrected chi connectivity index (χ0v) is 15.9. The van der Waals surface area contributed by atoms with Gasteiger partial charge in [-0.25, -0.2) is 0 Å². The number of amides is 2. The lowest BCUT2D eigenvalue weighted by Crippen LogP contribution is -2.35. The fraction of sp³-hybridized carbons (Fsp3) is 0.167. The van der Waals surface area contributed by atoms with Crippen molar-refractivity contribution in [2.75, 3.05) is 13.7 Å². The molecule has 2 aromatic rings. The van der Waals surface area contributed by atoms with E-state index in [1.807, 2.05) is 0 Å². The monoisotopic (exact) mass is 436 g/mol. The fourth-order valence-corrected chi connectivity index (χ4v) is 2.33. The average Bonchev–Trinajstić information content (AvgIpc) is 3.08. The molecule has 8 nitrogen and oxygen atoms in total. The van der Waals surface area contributed by atoms with Crippen molar-refractivity contribution < 1.29 is 28.6 Å². The molecule has 1 heterocycles. The molecule has 1 aromatic carbocycles. The van der Waals surface area contributed by atoms with E-state index in [0.717, 1.165) is 0 Å². The highest BCUT2D eigenvalue weighted by Gasteiger charge is 2.17. The predicted molar refractivity (Wildman–Crippen MR) is 100 cm³/mol. The summed E-state index contributed by atoms with van der Waals surface area (Å²) in [5.74, 6) is -1.62. The van der Waals surface area contributed by atoms with Gasteiger partial charge in [-0.05, 0) is 51.8 Å². The lowest BCUT2D eigenvalue weighted by atomic mass is 10.1. The molecule has 9 heteroatoms. The number of methoxy groups -OCH3 is 1. The van der Waals surface area contributed by atoms with Crippen molar-refractivity contribution in [3.8, 4) is 5.75 Å². The fourth-order valence-electron chi connectivity index (χ4n) is 2.02. The molecule has 3 N–H and O–H groups in total. The van der Waals surface area contributed by atoms with Crippen LogP contribution in [-0.2, 0) is 9.59 Å². The SMILES string of the molecule is COc1ccc(/C=C(\NC(=O)c2ccc(Br)o2)C(=O)NCCC(=O)O)cc1. The van der Waals surface area contributed by atoms with E-state index in [-0.39, 0.29) is 24.4 Å². The summed E-state index contributed by atoms with van der Waals surface area (Å²) in [7, 11) is 1.54. The number of halogens is 1. The van der Waals surface area contributed by atoms with Gasteiger partial charge in [0, 0.05) is 6.54 Å². The zero-order chi connectivity index (χ0) is 19.8. The van der Waals surface area contributed by atoms with Crippen LogP contribution in [0, 0.1) is 0 Å². The summed E-state index contributed by atoms with van der Waals surface area (Å²) in [6, 6.07) is 9.83. The van der Waals surface area contributed by atoms with Gasteiger partial charge in [-0.15, -0.1) is 0 Å². The van der Waals surface area contributed by atoms with E-state index in [0.29, 0.717) is 16.0 Å². The highest BCUT2D eigenvalue weighted by Crippen LogP contribution is 2.16. The van der Waals surface area contributed by atoms with Crippen molar-refractivity contribution in [1.82, 2.24) is 10.6 Å². The Bertz CT molecular complexity index is 857. The third kappa shape index (κ3) is 6.30. The largest absolute Gasteiger partial charge is 0.497 e. The Labute approximate surface area is 163 Å². The Morgan fingerprint density at radius 3 is 2.44 bits per heavy atom. The van der Waals surface area contributed by atoms with Crippen LogP contribution in [0.5, 0.6) is 5.75 Å². The van der Waals surface area contributed by atoms with Crippen LogP contribution in [0.2, 0.25) is 0 Å². The molecule has 0 atom stereocenters. The Kier molecular flexibility index (Phi) is 7.18. The summed E-state index contributed by atoms with van der Waals surface area (Å²) < 4.78 is 10.6. The number of aliphatic carboxylic acids is 1. The first-order chi connectivity index (χ1) is 12.9. The average molecular weight is 437 g/mol. The summed E-state index contributed by atoms with van der Waals surface area (Å²) in [4.78, 5) is 35.3. The van der Waals surface area contributed by atoms with Crippen molar-refractivity contribution in [1.29, 1.82) is 0 Å². The van der Waals surface area contributed by atoms with E-state index in [1.54, 1.807) is 30.3 Å². The predicted octanol–water partition coefficient (Wildman–Crippen LogP) is 2.41. The lowest BCUT2D eigenvalue weighted by molar-refractivity contribution is -0.136. The Balaban J connectivity index is 2.20. The highest BCUT2D eigenvalue weighted by molar-refractivity contribution is 9.10. The van der Waals surface area contributed by atoms with Crippen molar-refractivity contribution in [2.45, 2.75) is 6.42 Å². The molecule has 0 unspecified atom stereocenters. The van der Waals surface area contributed by atoms with Crippen LogP contribution >= 0.6 is 15.9 Å². The smallest absolute Gasteiger partial charge is 0.305 e. The van der Waals surface area contributed by atoms with E-state index in [4.69, 9.17) is 14.3 Å². The van der Waals surface area contributed by atoms with Gasteiger partial charge in [0.15, 0.2) is 10.4 Å². The Morgan fingerprint density at radius 1 is 1.19 bits per heavy atom. The summed E-state index contributed by atoms with van der Waals surface area (Å²) in [5, 5.41) is 13.6. The normalized spacial score (nSPS) is 11.0. The molecule has 0 aliphatic carbocycles. The van der Waals surface area contributed by atoms with Crippen LogP contribution < -0.4 is 15.4 Å². The molecule has 0 aliphatic heterocycles. The second kappa shape index (κ2) is 9.58. The van der Waals surface area contributed by atoms with Gasteiger partial charge in [0.2, 0.25) is 0 Å². The van der Waals surface area contributed by atoms with Gasteiger partial charge >= 0.3 is 5.97 Å². The van der Waals surface area contributed by atoms with Crippen molar-refractivity contribution >= 4 is 39.8 Å². The third-order valence-electron chi connectivity index (χ3n) is 3.34. The number of carboxylic acids is 1. The number of ether oxygens (including phenoxy) is 1. The minimum absolute atomic E-state index is 0.0147. The van der Waals surface area contributed by atoms with Crippen LogP contribution in [0.25, 0.3) is 6.08 Å². The van der Waals surface area contributed by atoms with Gasteiger partial charge in [-0.2, -0.15) is 0 Å². The number of furan rings is 1. The molecular weight excluding hydrogens is 420 g/mol. The van der Waals surface area contributed by atoms with Crippen molar-refractivity contribution in [3.63, 3.8) is 0 Å². The molecule has 2 rings (SSSR count). The molecule has 0 spiro atoms. The summed E-state index contributed by atoms with van der Waals surface area (Å²) in [6.07, 6.45) is 1.23. The number of carboxylic acid groups (broad SMARTS) is 1. The Hall–Kier alpha value is -3.07. The summed E-state index contributed by atoms with van der Waals surface area (Å²) in [6.45, 7) is -0.0731. The number of hydrogen-bond acceptors (Lipinski definition) is 5. The maximum absolute atomic E-state index is 12.4. The maximum Gasteiger partial charge on any atom is 0.305 e. The highest BCUT2D eigenvalue weighted by atomic mass is 79.9. The molecule has 0 aliphatic rings. The second-order valence-corrected chi connectivity index (χ2v) is 6.07. The van der Waals surface area contributed by atoms with Gasteiger partial charge in [0.1, 0.15) is 11.4 Å². The summed E-state index contributed by atoms with van der Waals surface area (Å²) >= 11 is 3.10. The van der Waals surface area contributed by atoms with E-state index < -0.39 is 17.8 Å². The number of benzene rings is 1. The van der Waals surface area contributed by atoms with Gasteiger partial charge in [0.25, 0.3) is 11.8 Å². The molecule has 0 saturated heterocycles.